The Kier molecular flexibility index (Phi) is 4.40. The van der Waals surface area contributed by atoms with Gasteiger partial charge in [0.1, 0.15) is 0 Å². The van der Waals surface area contributed by atoms with Crippen LogP contribution >= 0.6 is 0 Å². The summed E-state index contributed by atoms with van der Waals surface area (Å²) in [4.78, 5) is 14.1. The van der Waals surface area contributed by atoms with Gasteiger partial charge in [0.2, 0.25) is 5.91 Å². The van der Waals surface area contributed by atoms with Gasteiger partial charge in [-0.3, -0.25) is 4.79 Å². The fourth-order valence-corrected chi connectivity index (χ4v) is 2.82. The van der Waals surface area contributed by atoms with E-state index in [2.05, 4.69) is 5.32 Å². The molecule has 2 N–H and O–H groups in total. The summed E-state index contributed by atoms with van der Waals surface area (Å²) in [5.41, 5.74) is 0. The van der Waals surface area contributed by atoms with Crippen molar-refractivity contribution in [3.8, 4) is 0 Å². The second-order valence-electron chi connectivity index (χ2n) is 5.57. The summed E-state index contributed by atoms with van der Waals surface area (Å²) in [6.07, 6.45) is 3.46. The molecule has 17 heavy (non-hydrogen) atoms. The van der Waals surface area contributed by atoms with E-state index in [1.807, 2.05) is 11.8 Å². The summed E-state index contributed by atoms with van der Waals surface area (Å²) < 4.78 is 0. The highest BCUT2D eigenvalue weighted by molar-refractivity contribution is 5.76. The number of hydrogen-bond donors (Lipinski definition) is 2. The molecule has 0 aromatic rings. The highest BCUT2D eigenvalue weighted by atomic mass is 16.3. The predicted octanol–water partition coefficient (Wildman–Crippen LogP) is 0.605. The van der Waals surface area contributed by atoms with Gasteiger partial charge >= 0.3 is 0 Å². The van der Waals surface area contributed by atoms with Crippen molar-refractivity contribution in [1.82, 2.24) is 10.2 Å². The van der Waals surface area contributed by atoms with Gasteiger partial charge in [-0.2, -0.15) is 0 Å². The second-order valence-corrected chi connectivity index (χ2v) is 5.57. The zero-order valence-electron chi connectivity index (χ0n) is 10.7. The van der Waals surface area contributed by atoms with Crippen LogP contribution in [-0.4, -0.2) is 48.2 Å². The maximum atomic E-state index is 12.1. The Morgan fingerprint density at radius 2 is 2.06 bits per heavy atom. The number of amides is 1. The molecule has 0 radical (unpaired) electrons. The van der Waals surface area contributed by atoms with Crippen LogP contribution in [0.25, 0.3) is 0 Å². The Bertz CT molecular complexity index is 264. The number of rotatable bonds is 2. The fourth-order valence-electron chi connectivity index (χ4n) is 2.82. The number of aliphatic hydroxyl groups excluding tert-OH is 1. The lowest BCUT2D eigenvalue weighted by Gasteiger charge is -2.35. The molecule has 4 nitrogen and oxygen atoms in total. The molecule has 2 fully saturated rings. The number of carbonyl (C=O) groups is 1. The molecule has 4 heteroatoms. The molecule has 0 spiro atoms. The van der Waals surface area contributed by atoms with Crippen molar-refractivity contribution in [2.75, 3.05) is 26.2 Å². The second kappa shape index (κ2) is 5.83. The lowest BCUT2D eigenvalue weighted by atomic mass is 9.92. The van der Waals surface area contributed by atoms with Gasteiger partial charge in [0.05, 0.1) is 6.10 Å². The molecule has 0 aliphatic carbocycles. The van der Waals surface area contributed by atoms with Crippen LogP contribution < -0.4 is 5.32 Å². The van der Waals surface area contributed by atoms with Crippen molar-refractivity contribution in [3.05, 3.63) is 0 Å². The summed E-state index contributed by atoms with van der Waals surface area (Å²) in [7, 11) is 0. The van der Waals surface area contributed by atoms with Crippen LogP contribution in [-0.2, 0) is 4.79 Å². The first-order valence-corrected chi connectivity index (χ1v) is 6.83. The van der Waals surface area contributed by atoms with Crippen molar-refractivity contribution >= 4 is 5.91 Å². The quantitative estimate of drug-likeness (QED) is 0.743. The summed E-state index contributed by atoms with van der Waals surface area (Å²) in [6.45, 7) is 5.58. The Morgan fingerprint density at radius 1 is 1.35 bits per heavy atom. The molecule has 2 atom stereocenters. The molecule has 0 unspecified atom stereocenters. The number of aliphatic hydroxyl groups is 1. The molecule has 0 bridgehead atoms. The van der Waals surface area contributed by atoms with E-state index in [1.54, 1.807) is 0 Å². The molecule has 0 saturated carbocycles. The lowest BCUT2D eigenvalue weighted by molar-refractivity contribution is -0.135. The molecule has 2 saturated heterocycles. The zero-order chi connectivity index (χ0) is 12.3. The van der Waals surface area contributed by atoms with Gasteiger partial charge in [-0.15, -0.1) is 0 Å². The predicted molar refractivity (Wildman–Crippen MR) is 66.6 cm³/mol. The summed E-state index contributed by atoms with van der Waals surface area (Å²) in [5, 5.41) is 13.0. The van der Waals surface area contributed by atoms with Crippen LogP contribution in [0.1, 0.15) is 32.6 Å². The van der Waals surface area contributed by atoms with Crippen molar-refractivity contribution in [1.29, 1.82) is 0 Å². The topological polar surface area (TPSA) is 52.6 Å². The number of nitrogens with zero attached hydrogens (tertiary/aromatic N) is 1. The Hall–Kier alpha value is -0.610. The van der Waals surface area contributed by atoms with Crippen LogP contribution in [0.3, 0.4) is 0 Å². The number of piperidine rings is 2. The molecule has 2 rings (SSSR count). The van der Waals surface area contributed by atoms with E-state index in [1.165, 1.54) is 0 Å². The summed E-state index contributed by atoms with van der Waals surface area (Å²) in [5.74, 6) is 1.07. The van der Waals surface area contributed by atoms with Gasteiger partial charge in [-0.05, 0) is 44.2 Å². The fraction of sp³-hybridized carbons (Fsp3) is 0.923. The van der Waals surface area contributed by atoms with Crippen LogP contribution in [0.4, 0.5) is 0 Å². The van der Waals surface area contributed by atoms with Crippen LogP contribution in [0.15, 0.2) is 0 Å². The molecular formula is C13H24N2O2. The number of nitrogens with one attached hydrogen (secondary N) is 1. The normalized spacial score (nSPS) is 31.5. The minimum absolute atomic E-state index is 0.223. The van der Waals surface area contributed by atoms with Gasteiger partial charge in [-0.1, -0.05) is 6.92 Å². The third-order valence-corrected chi connectivity index (χ3v) is 4.13. The average Bonchev–Trinajstić information content (AvgIpc) is 2.34. The Balaban J connectivity index is 1.79. The van der Waals surface area contributed by atoms with Crippen LogP contribution in [0, 0.1) is 11.8 Å². The highest BCUT2D eigenvalue weighted by Gasteiger charge is 2.28. The number of hydrogen-bond acceptors (Lipinski definition) is 3. The Morgan fingerprint density at radius 3 is 2.71 bits per heavy atom. The van der Waals surface area contributed by atoms with Crippen LogP contribution in [0.2, 0.25) is 0 Å². The minimum atomic E-state index is -0.224. The lowest BCUT2D eigenvalue weighted by Crippen LogP contribution is -2.45. The molecule has 1 amide bonds. The smallest absolute Gasteiger partial charge is 0.222 e. The first-order valence-electron chi connectivity index (χ1n) is 6.83. The molecule has 98 valence electrons. The van der Waals surface area contributed by atoms with Crippen molar-refractivity contribution in [2.45, 2.75) is 38.7 Å². The Labute approximate surface area is 103 Å². The SMILES string of the molecule is C[C@@H]1CN(C(=O)CC2CCNCC2)CC[C@H]1O. The van der Waals surface area contributed by atoms with Crippen molar-refractivity contribution < 1.29 is 9.90 Å². The molecule has 2 heterocycles. The highest BCUT2D eigenvalue weighted by Crippen LogP contribution is 2.21. The monoisotopic (exact) mass is 240 g/mol. The molecule has 2 aliphatic heterocycles. The van der Waals surface area contributed by atoms with E-state index in [9.17, 15) is 9.90 Å². The number of carbonyl (C=O) groups excluding carboxylic acids is 1. The molecule has 0 aromatic heterocycles. The van der Waals surface area contributed by atoms with Gasteiger partial charge in [0.25, 0.3) is 0 Å². The number of likely N-dealkylation sites (tertiary alicyclic amines) is 1. The van der Waals surface area contributed by atoms with Gasteiger partial charge in [-0.25, -0.2) is 0 Å². The van der Waals surface area contributed by atoms with Crippen molar-refractivity contribution in [2.24, 2.45) is 11.8 Å². The van der Waals surface area contributed by atoms with Gasteiger partial charge in [0, 0.05) is 19.5 Å². The standard InChI is InChI=1S/C13H24N2O2/c1-10-9-15(7-4-12(10)16)13(17)8-11-2-5-14-6-3-11/h10-12,14,16H,2-9H2,1H3/t10-,12-/m1/s1. The summed E-state index contributed by atoms with van der Waals surface area (Å²) >= 11 is 0. The van der Waals surface area contributed by atoms with Gasteiger partial charge < -0.3 is 15.3 Å². The average molecular weight is 240 g/mol. The maximum absolute atomic E-state index is 12.1. The summed E-state index contributed by atoms with van der Waals surface area (Å²) in [6, 6.07) is 0. The third-order valence-electron chi connectivity index (χ3n) is 4.13. The third kappa shape index (κ3) is 3.42. The van der Waals surface area contributed by atoms with Crippen LogP contribution in [0.5, 0.6) is 0 Å². The van der Waals surface area contributed by atoms with Gasteiger partial charge in [0.15, 0.2) is 0 Å². The maximum Gasteiger partial charge on any atom is 0.222 e. The zero-order valence-corrected chi connectivity index (χ0v) is 10.7. The van der Waals surface area contributed by atoms with E-state index >= 15 is 0 Å². The van der Waals surface area contributed by atoms with E-state index in [0.717, 1.165) is 45.4 Å². The van der Waals surface area contributed by atoms with Crippen molar-refractivity contribution in [3.63, 3.8) is 0 Å². The molecular weight excluding hydrogens is 216 g/mol. The van der Waals surface area contributed by atoms with E-state index in [0.29, 0.717) is 12.3 Å². The molecule has 0 aromatic carbocycles. The minimum Gasteiger partial charge on any atom is -0.393 e. The molecule has 2 aliphatic rings. The largest absolute Gasteiger partial charge is 0.393 e. The first kappa shape index (κ1) is 12.8. The van der Waals surface area contributed by atoms with E-state index in [4.69, 9.17) is 0 Å². The van der Waals surface area contributed by atoms with E-state index < -0.39 is 0 Å². The first-order chi connectivity index (χ1) is 8.16. The van der Waals surface area contributed by atoms with E-state index in [-0.39, 0.29) is 17.9 Å².